The average Bonchev–Trinajstić information content (AvgIpc) is 2.94. The van der Waals surface area contributed by atoms with E-state index in [0.717, 1.165) is 19.3 Å². The Morgan fingerprint density at radius 2 is 1.37 bits per heavy atom. The summed E-state index contributed by atoms with van der Waals surface area (Å²) in [5, 5.41) is 70.7. The minimum Gasteiger partial charge on any atom is -0.465 e. The first-order valence-corrected chi connectivity index (χ1v) is 15.6. The van der Waals surface area contributed by atoms with E-state index in [1.165, 1.54) is 11.8 Å². The summed E-state index contributed by atoms with van der Waals surface area (Å²) in [5.74, 6) is 0.904. The van der Waals surface area contributed by atoms with Gasteiger partial charge in [-0.05, 0) is 43.8 Å². The summed E-state index contributed by atoms with van der Waals surface area (Å²) in [7, 11) is 1.64. The fourth-order valence-corrected chi connectivity index (χ4v) is 5.69. The van der Waals surface area contributed by atoms with Gasteiger partial charge in [0.2, 0.25) is 0 Å². The molecule has 41 heavy (non-hydrogen) atoms. The fourth-order valence-electron chi connectivity index (χ4n) is 4.64. The van der Waals surface area contributed by atoms with Crippen molar-refractivity contribution < 1.29 is 64.2 Å². The number of unbranched alkanes of at least 4 members (excludes halogenated alkanes) is 1. The average molecular weight is 615 g/mol. The number of thioether (sulfide) groups is 1. The molecule has 2 saturated heterocycles. The molecule has 0 aromatic rings. The zero-order valence-corrected chi connectivity index (χ0v) is 25.0. The van der Waals surface area contributed by atoms with Crippen molar-refractivity contribution >= 4 is 17.7 Å². The smallest absolute Gasteiger partial charge is 0.308 e. The van der Waals surface area contributed by atoms with Gasteiger partial charge >= 0.3 is 5.97 Å². The number of aliphatic hydroxyl groups excluding tert-OH is 7. The van der Waals surface area contributed by atoms with E-state index in [1.807, 2.05) is 0 Å². The molecule has 2 aliphatic rings. The van der Waals surface area contributed by atoms with E-state index in [2.05, 4.69) is 13.8 Å². The number of hydrogen-bond donors (Lipinski definition) is 7. The molecule has 0 amide bonds. The normalized spacial score (nSPS) is 35.0. The second kappa shape index (κ2) is 18.9. The van der Waals surface area contributed by atoms with Gasteiger partial charge in [0.15, 0.2) is 12.6 Å². The van der Waals surface area contributed by atoms with Crippen molar-refractivity contribution in [2.45, 2.75) is 114 Å². The van der Waals surface area contributed by atoms with Crippen molar-refractivity contribution in [1.29, 1.82) is 0 Å². The molecule has 13 nitrogen and oxygen atoms in total. The third-order valence-electron chi connectivity index (χ3n) is 7.33. The molecule has 0 saturated carbocycles. The predicted octanol–water partition coefficient (Wildman–Crippen LogP) is -0.854. The molecule has 0 spiro atoms. The monoisotopic (exact) mass is 614 g/mol. The Morgan fingerprint density at radius 3 is 1.95 bits per heavy atom. The van der Waals surface area contributed by atoms with Crippen LogP contribution in [-0.2, 0) is 28.5 Å². The topological polar surface area (TPSA) is 205 Å². The standard InChI is InChI=1S/C27H50O13S/c1-15(2)9-11-37-25(35)16(7-4-5-10-36-3)8-6-12-41-14-18-20(30)22(32)24(34)27(39-18)40-26-23(33)21(31)19(29)17(13-28)38-26/h15-24,26-34H,4-14H2,1-3H3/t16?,17-,18-,19-,20-,21+,22+,23-,24-,26-,27-/m1/s1. The zero-order chi connectivity index (χ0) is 30.5. The molecule has 242 valence electrons. The maximum Gasteiger partial charge on any atom is 0.308 e. The number of hydrogen-bond acceptors (Lipinski definition) is 14. The lowest BCUT2D eigenvalue weighted by Gasteiger charge is -2.44. The van der Waals surface area contributed by atoms with E-state index in [-0.39, 0.29) is 17.6 Å². The minimum atomic E-state index is -1.72. The number of rotatable bonds is 18. The molecule has 0 aromatic carbocycles. The Bertz CT molecular complexity index is 729. The molecule has 7 N–H and O–H groups in total. The second-order valence-electron chi connectivity index (χ2n) is 11.1. The Kier molecular flexibility index (Phi) is 16.9. The lowest BCUT2D eigenvalue weighted by atomic mass is 9.97. The summed E-state index contributed by atoms with van der Waals surface area (Å²) in [5.41, 5.74) is 0. The van der Waals surface area contributed by atoms with Crippen LogP contribution in [0.15, 0.2) is 0 Å². The lowest BCUT2D eigenvalue weighted by Crippen LogP contribution is -2.63. The van der Waals surface area contributed by atoms with Gasteiger partial charge in [-0.3, -0.25) is 4.79 Å². The Labute approximate surface area is 246 Å². The first kappa shape index (κ1) is 36.6. The molecule has 2 fully saturated rings. The second-order valence-corrected chi connectivity index (χ2v) is 12.3. The van der Waals surface area contributed by atoms with Gasteiger partial charge in [0.25, 0.3) is 0 Å². The largest absolute Gasteiger partial charge is 0.465 e. The minimum absolute atomic E-state index is 0.190. The summed E-state index contributed by atoms with van der Waals surface area (Å²) < 4.78 is 27.1. The molecule has 2 rings (SSSR count). The third-order valence-corrected chi connectivity index (χ3v) is 8.47. The van der Waals surface area contributed by atoms with Crippen molar-refractivity contribution in [2.24, 2.45) is 11.8 Å². The van der Waals surface area contributed by atoms with Gasteiger partial charge in [0.1, 0.15) is 42.7 Å². The van der Waals surface area contributed by atoms with Crippen LogP contribution < -0.4 is 0 Å². The maximum atomic E-state index is 12.7. The van der Waals surface area contributed by atoms with E-state index in [4.69, 9.17) is 23.7 Å². The fraction of sp³-hybridized carbons (Fsp3) is 0.963. The number of aliphatic hydroxyl groups is 7. The molecule has 2 heterocycles. The van der Waals surface area contributed by atoms with Crippen LogP contribution in [0, 0.1) is 11.8 Å². The lowest BCUT2D eigenvalue weighted by molar-refractivity contribution is -0.373. The highest BCUT2D eigenvalue weighted by Gasteiger charge is 2.49. The number of esters is 1. The van der Waals surface area contributed by atoms with Crippen molar-refractivity contribution in [3.63, 3.8) is 0 Å². The Hall–Kier alpha value is -0.620. The van der Waals surface area contributed by atoms with Gasteiger partial charge in [-0.2, -0.15) is 11.8 Å². The van der Waals surface area contributed by atoms with Crippen LogP contribution in [0.2, 0.25) is 0 Å². The number of methoxy groups -OCH3 is 1. The van der Waals surface area contributed by atoms with E-state index in [1.54, 1.807) is 7.11 Å². The van der Waals surface area contributed by atoms with Crippen molar-refractivity contribution in [3.05, 3.63) is 0 Å². The first-order valence-electron chi connectivity index (χ1n) is 14.4. The SMILES string of the molecule is COCCCCC(CCCSC[C@H]1O[C@H](O[C@H]2O[C@H](CO)[C@@H](O)[C@H](O)[C@H]2O)[C@H](O)[C@@H](O)[C@@H]1O)C(=O)OCCC(C)C. The quantitative estimate of drug-likeness (QED) is 0.0742. The Balaban J connectivity index is 1.86. The highest BCUT2D eigenvalue weighted by Crippen LogP contribution is 2.29. The van der Waals surface area contributed by atoms with Crippen LogP contribution in [0.3, 0.4) is 0 Å². The summed E-state index contributed by atoms with van der Waals surface area (Å²) in [4.78, 5) is 12.7. The van der Waals surface area contributed by atoms with Crippen molar-refractivity contribution in [2.75, 3.05) is 38.4 Å². The summed E-state index contributed by atoms with van der Waals surface area (Å²) in [6.45, 7) is 4.52. The van der Waals surface area contributed by atoms with Gasteiger partial charge in [0.05, 0.1) is 25.2 Å². The van der Waals surface area contributed by atoms with Gasteiger partial charge in [-0.1, -0.05) is 20.3 Å². The third kappa shape index (κ3) is 11.4. The van der Waals surface area contributed by atoms with Gasteiger partial charge < -0.3 is 59.4 Å². The van der Waals surface area contributed by atoms with Gasteiger partial charge in [0, 0.05) is 19.5 Å². The predicted molar refractivity (Wildman–Crippen MR) is 148 cm³/mol. The highest BCUT2D eigenvalue weighted by atomic mass is 32.2. The molecular weight excluding hydrogens is 564 g/mol. The molecule has 0 aromatic heterocycles. The van der Waals surface area contributed by atoms with Crippen molar-refractivity contribution in [1.82, 2.24) is 0 Å². The van der Waals surface area contributed by atoms with Crippen LogP contribution in [0.1, 0.15) is 52.4 Å². The van der Waals surface area contributed by atoms with E-state index >= 15 is 0 Å². The van der Waals surface area contributed by atoms with E-state index in [9.17, 15) is 40.5 Å². The molecule has 1 unspecified atom stereocenters. The number of carbonyl (C=O) groups excluding carboxylic acids is 1. The highest BCUT2D eigenvalue weighted by molar-refractivity contribution is 7.99. The number of ether oxygens (including phenoxy) is 5. The van der Waals surface area contributed by atoms with Gasteiger partial charge in [-0.15, -0.1) is 0 Å². The van der Waals surface area contributed by atoms with Crippen LogP contribution in [0.25, 0.3) is 0 Å². The van der Waals surface area contributed by atoms with Gasteiger partial charge in [-0.25, -0.2) is 0 Å². The van der Waals surface area contributed by atoms with Crippen LogP contribution in [0.4, 0.5) is 0 Å². The summed E-state index contributed by atoms with van der Waals surface area (Å²) in [6.07, 6.45) is -10.4. The molecule has 0 bridgehead atoms. The van der Waals surface area contributed by atoms with Crippen LogP contribution in [-0.4, -0.2) is 142 Å². The van der Waals surface area contributed by atoms with E-state index in [0.29, 0.717) is 44.1 Å². The number of carbonyl (C=O) groups is 1. The van der Waals surface area contributed by atoms with Crippen LogP contribution in [0.5, 0.6) is 0 Å². The maximum absolute atomic E-state index is 12.7. The van der Waals surface area contributed by atoms with Crippen LogP contribution >= 0.6 is 11.8 Å². The molecule has 0 radical (unpaired) electrons. The van der Waals surface area contributed by atoms with Crippen molar-refractivity contribution in [3.8, 4) is 0 Å². The van der Waals surface area contributed by atoms with E-state index < -0.39 is 68.0 Å². The molecule has 14 heteroatoms. The summed E-state index contributed by atoms with van der Waals surface area (Å²) in [6, 6.07) is 0. The first-order chi connectivity index (χ1) is 19.5. The molecular formula is C27H50O13S. The Morgan fingerprint density at radius 1 is 0.780 bits per heavy atom. The summed E-state index contributed by atoms with van der Waals surface area (Å²) >= 11 is 1.44. The molecule has 0 aliphatic carbocycles. The zero-order valence-electron chi connectivity index (χ0n) is 24.2. The molecule has 11 atom stereocenters. The molecule has 2 aliphatic heterocycles.